The molecule has 0 radical (unpaired) electrons. The Morgan fingerprint density at radius 1 is 0.868 bits per heavy atom. The van der Waals surface area contributed by atoms with Crippen LogP contribution in [0.1, 0.15) is 28.4 Å². The number of aliphatic hydroxyl groups is 1. The van der Waals surface area contributed by atoms with Gasteiger partial charge >= 0.3 is 5.97 Å². The van der Waals surface area contributed by atoms with E-state index in [0.29, 0.717) is 45.4 Å². The summed E-state index contributed by atoms with van der Waals surface area (Å²) in [6.45, 7) is 1.89. The second kappa shape index (κ2) is 12.6. The van der Waals surface area contributed by atoms with Crippen LogP contribution in [0.15, 0.2) is 66.7 Å². The average Bonchev–Trinajstić information content (AvgIpc) is 2.93. The minimum atomic E-state index is -1.26. The van der Waals surface area contributed by atoms with Crippen molar-refractivity contribution in [3.05, 3.63) is 89.0 Å². The van der Waals surface area contributed by atoms with Crippen molar-refractivity contribution in [2.24, 2.45) is 0 Å². The molecule has 1 amide bonds. The summed E-state index contributed by atoms with van der Waals surface area (Å²) in [6.07, 6.45) is 0.544. The van der Waals surface area contributed by atoms with Crippen molar-refractivity contribution in [3.8, 4) is 23.0 Å². The number of carbonyl (C=O) groups excluding carboxylic acids is 1. The van der Waals surface area contributed by atoms with Crippen LogP contribution < -0.4 is 23.8 Å². The van der Waals surface area contributed by atoms with Gasteiger partial charge in [0.25, 0.3) is 5.91 Å². The molecule has 200 valence electrons. The molecule has 38 heavy (non-hydrogen) atoms. The lowest BCUT2D eigenvalue weighted by Gasteiger charge is -2.28. The van der Waals surface area contributed by atoms with Gasteiger partial charge in [-0.25, -0.2) is 4.79 Å². The van der Waals surface area contributed by atoms with Crippen LogP contribution in [0.3, 0.4) is 0 Å². The van der Waals surface area contributed by atoms with Crippen LogP contribution in [0, 0.1) is 6.92 Å². The zero-order valence-corrected chi connectivity index (χ0v) is 21.9. The first-order chi connectivity index (χ1) is 18.2. The van der Waals surface area contributed by atoms with Gasteiger partial charge in [-0.15, -0.1) is 0 Å². The zero-order chi connectivity index (χ0) is 27.8. The SMILES string of the molecule is COc1ccc(CN(C(=O)C=CC(=O)O)c2ccc(C)cc2C(O)c2cccc(OC)c2OC)c(OC)c1. The summed E-state index contributed by atoms with van der Waals surface area (Å²) in [6, 6.07) is 15.6. The van der Waals surface area contributed by atoms with Gasteiger partial charge in [-0.2, -0.15) is 0 Å². The Morgan fingerprint density at radius 3 is 2.24 bits per heavy atom. The molecule has 0 aromatic heterocycles. The molecular formula is C29H31NO8. The first-order valence-corrected chi connectivity index (χ1v) is 11.7. The second-order valence-electron chi connectivity index (χ2n) is 8.32. The van der Waals surface area contributed by atoms with E-state index in [1.165, 1.54) is 33.3 Å². The monoisotopic (exact) mass is 521 g/mol. The highest BCUT2D eigenvalue weighted by molar-refractivity contribution is 6.04. The normalized spacial score (nSPS) is 11.6. The number of amides is 1. The summed E-state index contributed by atoms with van der Waals surface area (Å²) in [5.41, 5.74) is 2.73. The van der Waals surface area contributed by atoms with Gasteiger partial charge in [0, 0.05) is 34.9 Å². The number of para-hydroxylation sites is 1. The first-order valence-electron chi connectivity index (χ1n) is 11.7. The Hall–Kier alpha value is -4.50. The van der Waals surface area contributed by atoms with Crippen molar-refractivity contribution >= 4 is 17.6 Å². The average molecular weight is 522 g/mol. The van der Waals surface area contributed by atoms with E-state index in [9.17, 15) is 14.7 Å². The van der Waals surface area contributed by atoms with E-state index < -0.39 is 18.0 Å². The molecule has 0 bridgehead atoms. The number of ether oxygens (including phenoxy) is 4. The van der Waals surface area contributed by atoms with E-state index >= 15 is 0 Å². The fourth-order valence-corrected chi connectivity index (χ4v) is 4.10. The molecule has 1 unspecified atom stereocenters. The third-order valence-corrected chi connectivity index (χ3v) is 5.95. The molecule has 0 aliphatic carbocycles. The molecular weight excluding hydrogens is 490 g/mol. The lowest BCUT2D eigenvalue weighted by atomic mass is 9.96. The predicted octanol–water partition coefficient (Wildman–Crippen LogP) is 4.29. The number of aryl methyl sites for hydroxylation is 1. The van der Waals surface area contributed by atoms with Crippen LogP contribution in [0.25, 0.3) is 0 Å². The molecule has 0 spiro atoms. The maximum atomic E-state index is 13.4. The van der Waals surface area contributed by atoms with Crippen molar-refractivity contribution in [2.45, 2.75) is 19.6 Å². The Morgan fingerprint density at radius 2 is 1.61 bits per heavy atom. The quantitative estimate of drug-likeness (QED) is 0.359. The molecule has 1 atom stereocenters. The van der Waals surface area contributed by atoms with E-state index in [2.05, 4.69) is 0 Å². The van der Waals surface area contributed by atoms with Crippen LogP contribution in [0.5, 0.6) is 23.0 Å². The molecule has 0 aliphatic heterocycles. The predicted molar refractivity (Wildman–Crippen MR) is 142 cm³/mol. The van der Waals surface area contributed by atoms with Gasteiger partial charge in [0.1, 0.15) is 17.6 Å². The molecule has 9 heteroatoms. The summed E-state index contributed by atoms with van der Waals surface area (Å²) in [7, 11) is 6.02. The number of aliphatic hydroxyl groups excluding tert-OH is 1. The highest BCUT2D eigenvalue weighted by Gasteiger charge is 2.26. The third-order valence-electron chi connectivity index (χ3n) is 5.95. The number of carboxylic acid groups (broad SMARTS) is 1. The lowest BCUT2D eigenvalue weighted by molar-refractivity contribution is -0.131. The number of hydrogen-bond acceptors (Lipinski definition) is 7. The minimum absolute atomic E-state index is 0.0218. The van der Waals surface area contributed by atoms with E-state index in [1.807, 2.05) is 6.92 Å². The molecule has 3 rings (SSSR count). The molecule has 3 aromatic rings. The minimum Gasteiger partial charge on any atom is -0.497 e. The summed E-state index contributed by atoms with van der Waals surface area (Å²) < 4.78 is 21.7. The van der Waals surface area contributed by atoms with Gasteiger partial charge in [0.2, 0.25) is 0 Å². The number of aliphatic carboxylic acids is 1. The van der Waals surface area contributed by atoms with Gasteiger partial charge in [0.15, 0.2) is 11.5 Å². The molecule has 9 nitrogen and oxygen atoms in total. The number of benzene rings is 3. The molecule has 0 fully saturated rings. The largest absolute Gasteiger partial charge is 0.497 e. The molecule has 2 N–H and O–H groups in total. The molecule has 3 aromatic carbocycles. The second-order valence-corrected chi connectivity index (χ2v) is 8.32. The fraction of sp³-hybridized carbons (Fsp3) is 0.241. The van der Waals surface area contributed by atoms with E-state index in [-0.39, 0.29) is 6.54 Å². The summed E-state index contributed by atoms with van der Waals surface area (Å²) in [5, 5.41) is 20.7. The maximum absolute atomic E-state index is 13.4. The third kappa shape index (κ3) is 6.24. The van der Waals surface area contributed by atoms with Crippen molar-refractivity contribution in [2.75, 3.05) is 33.3 Å². The number of nitrogens with zero attached hydrogens (tertiary/aromatic N) is 1. The van der Waals surface area contributed by atoms with Crippen LogP contribution in [-0.4, -0.2) is 50.5 Å². The Balaban J connectivity index is 2.19. The molecule has 0 aliphatic rings. The van der Waals surface area contributed by atoms with Crippen LogP contribution in [0.2, 0.25) is 0 Å². The number of rotatable bonds is 11. The highest BCUT2D eigenvalue weighted by Crippen LogP contribution is 2.41. The van der Waals surface area contributed by atoms with Crippen molar-refractivity contribution in [3.63, 3.8) is 0 Å². The lowest BCUT2D eigenvalue weighted by Crippen LogP contribution is -2.30. The Kier molecular flexibility index (Phi) is 9.34. The number of methoxy groups -OCH3 is 4. The standard InChI is InChI=1S/C29H31NO8/c1-18-9-12-23(22(15-18)28(34)21-7-6-8-24(36-3)29(21)38-5)30(26(31)13-14-27(32)33)17-19-10-11-20(35-2)16-25(19)37-4/h6-16,28,34H,17H2,1-5H3,(H,32,33). The zero-order valence-electron chi connectivity index (χ0n) is 21.9. The number of hydrogen-bond donors (Lipinski definition) is 2. The number of carboxylic acids is 1. The van der Waals surface area contributed by atoms with E-state index in [4.69, 9.17) is 24.1 Å². The van der Waals surface area contributed by atoms with Gasteiger partial charge in [0.05, 0.1) is 40.7 Å². The van der Waals surface area contributed by atoms with Crippen molar-refractivity contribution in [1.82, 2.24) is 0 Å². The van der Waals surface area contributed by atoms with Gasteiger partial charge < -0.3 is 34.1 Å². The molecule has 0 saturated carbocycles. The molecule has 0 saturated heterocycles. The van der Waals surface area contributed by atoms with Crippen LogP contribution in [0.4, 0.5) is 5.69 Å². The number of anilines is 1. The topological polar surface area (TPSA) is 115 Å². The fourth-order valence-electron chi connectivity index (χ4n) is 4.10. The first kappa shape index (κ1) is 28.1. The van der Waals surface area contributed by atoms with Gasteiger partial charge in [-0.3, -0.25) is 4.79 Å². The molecule has 0 heterocycles. The van der Waals surface area contributed by atoms with E-state index in [0.717, 1.165) is 17.7 Å². The number of carbonyl (C=O) groups is 2. The van der Waals surface area contributed by atoms with Crippen molar-refractivity contribution in [1.29, 1.82) is 0 Å². The summed E-state index contributed by atoms with van der Waals surface area (Å²) in [5.74, 6) is -0.00128. The van der Waals surface area contributed by atoms with Crippen molar-refractivity contribution < 1.29 is 38.7 Å². The Labute approximate surface area is 221 Å². The van der Waals surface area contributed by atoms with Gasteiger partial charge in [-0.05, 0) is 31.2 Å². The summed E-state index contributed by atoms with van der Waals surface area (Å²) >= 11 is 0. The highest BCUT2D eigenvalue weighted by atomic mass is 16.5. The maximum Gasteiger partial charge on any atom is 0.328 e. The van der Waals surface area contributed by atoms with E-state index in [1.54, 1.807) is 54.6 Å². The van der Waals surface area contributed by atoms with Gasteiger partial charge in [-0.1, -0.05) is 29.8 Å². The smallest absolute Gasteiger partial charge is 0.328 e. The Bertz CT molecular complexity index is 1330. The van der Waals surface area contributed by atoms with Crippen LogP contribution >= 0.6 is 0 Å². The summed E-state index contributed by atoms with van der Waals surface area (Å²) in [4.78, 5) is 25.9. The van der Waals surface area contributed by atoms with Crippen LogP contribution in [-0.2, 0) is 16.1 Å².